The highest BCUT2D eigenvalue weighted by atomic mass is 32.2. The first-order valence-electron chi connectivity index (χ1n) is 7.27. The lowest BCUT2D eigenvalue weighted by atomic mass is 9.93. The molecule has 6 nitrogen and oxygen atoms in total. The molecule has 0 saturated carbocycles. The molecule has 2 fully saturated rings. The topological polar surface area (TPSA) is 95.7 Å². The molecule has 0 aromatic heterocycles. The van der Waals surface area contributed by atoms with Gasteiger partial charge in [-0.1, -0.05) is 23.3 Å². The molecule has 2 aliphatic heterocycles. The molecule has 7 heteroatoms. The van der Waals surface area contributed by atoms with E-state index in [0.717, 1.165) is 24.3 Å². The van der Waals surface area contributed by atoms with E-state index < -0.39 is 29.3 Å². The second-order valence-corrected chi connectivity index (χ2v) is 7.30. The van der Waals surface area contributed by atoms with Crippen LogP contribution >= 0.6 is 0 Å². The molecule has 22 heavy (non-hydrogen) atoms. The second-order valence-electron chi connectivity index (χ2n) is 5.60. The highest BCUT2D eigenvalue weighted by Gasteiger charge is 2.35. The van der Waals surface area contributed by atoms with Gasteiger partial charge in [-0.2, -0.15) is 0 Å². The fourth-order valence-corrected chi connectivity index (χ4v) is 4.17. The molecular weight excluding hydrogens is 304 g/mol. The lowest BCUT2D eigenvalue weighted by Crippen LogP contribution is -2.32. The largest absolute Gasteiger partial charge is 0.616 e. The summed E-state index contributed by atoms with van der Waals surface area (Å²) < 4.78 is 16.3. The summed E-state index contributed by atoms with van der Waals surface area (Å²) in [5.74, 6) is 1.30. The van der Waals surface area contributed by atoms with Crippen molar-refractivity contribution in [3.05, 3.63) is 29.8 Å². The van der Waals surface area contributed by atoms with Gasteiger partial charge in [0.25, 0.3) is 5.91 Å². The molecule has 0 radical (unpaired) electrons. The average molecular weight is 322 g/mol. The maximum atomic E-state index is 11.8. The number of hydrogen-bond acceptors (Lipinski definition) is 4. The zero-order valence-corrected chi connectivity index (χ0v) is 12.9. The molecule has 2 saturated heterocycles. The van der Waals surface area contributed by atoms with Crippen molar-refractivity contribution in [2.45, 2.75) is 24.9 Å². The van der Waals surface area contributed by atoms with Crippen LogP contribution in [0.1, 0.15) is 24.3 Å². The number of primary amides is 1. The monoisotopic (exact) mass is 322 g/mol. The first kappa shape index (κ1) is 15.2. The molecule has 0 bridgehead atoms. The Balaban J connectivity index is 1.69. The van der Waals surface area contributed by atoms with Gasteiger partial charge in [0, 0.05) is 5.69 Å². The van der Waals surface area contributed by atoms with Crippen molar-refractivity contribution in [2.75, 3.05) is 23.0 Å². The molecule has 1 aromatic carbocycles. The van der Waals surface area contributed by atoms with Crippen molar-refractivity contribution in [3.8, 4) is 0 Å². The predicted octanol–water partition coefficient (Wildman–Crippen LogP) is 1.12. The van der Waals surface area contributed by atoms with Gasteiger partial charge >= 0.3 is 6.09 Å². The van der Waals surface area contributed by atoms with Gasteiger partial charge in [-0.25, -0.2) is 4.79 Å². The number of anilines is 1. The summed E-state index contributed by atoms with van der Waals surface area (Å²) in [6, 6.07) is 7.68. The molecule has 2 aliphatic rings. The Labute approximate surface area is 131 Å². The first-order chi connectivity index (χ1) is 10.5. The third kappa shape index (κ3) is 3.05. The van der Waals surface area contributed by atoms with Crippen LogP contribution < -0.4 is 10.6 Å². The first-order valence-corrected chi connectivity index (χ1v) is 8.76. The van der Waals surface area contributed by atoms with Gasteiger partial charge in [-0.05, 0) is 36.5 Å². The molecule has 0 aliphatic carbocycles. The molecule has 3 rings (SSSR count). The third-order valence-electron chi connectivity index (χ3n) is 4.19. The zero-order chi connectivity index (χ0) is 15.7. The van der Waals surface area contributed by atoms with E-state index in [1.807, 2.05) is 24.3 Å². The standard InChI is InChI=1S/C15H18N2O4S/c16-14(18)13-9-17(15(19)21-13)12-3-1-10(2-4-12)11-5-7-22(20)8-6-11/h1-4,11,13H,5-9H2,(H2,16,18)/t11-,13-,22+/m1/s1. The summed E-state index contributed by atoms with van der Waals surface area (Å²) in [6.45, 7) is 0.149. The molecule has 0 unspecified atom stereocenters. The molecule has 118 valence electrons. The van der Waals surface area contributed by atoms with E-state index in [4.69, 9.17) is 10.5 Å². The van der Waals surface area contributed by atoms with Crippen molar-refractivity contribution in [1.29, 1.82) is 0 Å². The number of amides is 2. The Morgan fingerprint density at radius 3 is 2.45 bits per heavy atom. The Bertz CT molecular complexity index is 569. The maximum absolute atomic E-state index is 11.8. The van der Waals surface area contributed by atoms with Gasteiger partial charge in [0.05, 0.1) is 6.54 Å². The van der Waals surface area contributed by atoms with Crippen LogP contribution in [-0.2, 0) is 20.7 Å². The summed E-state index contributed by atoms with van der Waals surface area (Å²) >= 11 is -0.667. The van der Waals surface area contributed by atoms with Crippen molar-refractivity contribution >= 4 is 28.9 Å². The molecule has 1 aromatic rings. The van der Waals surface area contributed by atoms with E-state index in [1.165, 1.54) is 10.5 Å². The van der Waals surface area contributed by atoms with Crippen LogP contribution in [-0.4, -0.2) is 40.7 Å². The van der Waals surface area contributed by atoms with E-state index in [9.17, 15) is 14.1 Å². The Kier molecular flexibility index (Phi) is 4.26. The fourth-order valence-electron chi connectivity index (χ4n) is 2.88. The van der Waals surface area contributed by atoms with E-state index in [2.05, 4.69) is 0 Å². The minimum Gasteiger partial charge on any atom is -0.616 e. The second kappa shape index (κ2) is 6.18. The number of hydrogen-bond donors (Lipinski definition) is 1. The van der Waals surface area contributed by atoms with Gasteiger partial charge < -0.3 is 15.0 Å². The Morgan fingerprint density at radius 1 is 1.27 bits per heavy atom. The van der Waals surface area contributed by atoms with Crippen molar-refractivity contribution < 1.29 is 18.9 Å². The lowest BCUT2D eigenvalue weighted by molar-refractivity contribution is -0.124. The van der Waals surface area contributed by atoms with Crippen LogP contribution in [0.4, 0.5) is 10.5 Å². The molecule has 2 N–H and O–H groups in total. The highest BCUT2D eigenvalue weighted by Crippen LogP contribution is 2.31. The van der Waals surface area contributed by atoms with E-state index in [0.29, 0.717) is 11.6 Å². The smallest absolute Gasteiger partial charge is 0.415 e. The minimum absolute atomic E-state index is 0.149. The number of carbonyl (C=O) groups excluding carboxylic acids is 2. The van der Waals surface area contributed by atoms with E-state index >= 15 is 0 Å². The van der Waals surface area contributed by atoms with E-state index in [-0.39, 0.29) is 6.54 Å². The minimum atomic E-state index is -0.888. The Morgan fingerprint density at radius 2 is 1.91 bits per heavy atom. The van der Waals surface area contributed by atoms with Gasteiger partial charge in [0.15, 0.2) is 6.10 Å². The molecule has 2 heterocycles. The van der Waals surface area contributed by atoms with Gasteiger partial charge in [0.1, 0.15) is 11.5 Å². The van der Waals surface area contributed by atoms with Crippen LogP contribution in [0.5, 0.6) is 0 Å². The average Bonchev–Trinajstić information content (AvgIpc) is 2.91. The summed E-state index contributed by atoms with van der Waals surface area (Å²) in [6.07, 6.45) is 0.424. The lowest BCUT2D eigenvalue weighted by Gasteiger charge is -2.24. The summed E-state index contributed by atoms with van der Waals surface area (Å²) in [5, 5.41) is 0. The van der Waals surface area contributed by atoms with Crippen molar-refractivity contribution in [1.82, 2.24) is 0 Å². The third-order valence-corrected chi connectivity index (χ3v) is 5.58. The van der Waals surface area contributed by atoms with Crippen LogP contribution in [0.3, 0.4) is 0 Å². The summed E-state index contributed by atoms with van der Waals surface area (Å²) in [7, 11) is 0. The van der Waals surface area contributed by atoms with Crippen LogP contribution in [0.15, 0.2) is 24.3 Å². The molecule has 2 amide bonds. The van der Waals surface area contributed by atoms with Crippen molar-refractivity contribution in [2.24, 2.45) is 5.73 Å². The summed E-state index contributed by atoms with van der Waals surface area (Å²) in [4.78, 5) is 24.3. The van der Waals surface area contributed by atoms with Gasteiger partial charge in [-0.15, -0.1) is 0 Å². The summed E-state index contributed by atoms with van der Waals surface area (Å²) in [5.41, 5.74) is 7.05. The van der Waals surface area contributed by atoms with Crippen LogP contribution in [0.2, 0.25) is 0 Å². The SMILES string of the molecule is NC(=O)[C@H]1CN(c2ccc([C@H]3CC[S@@+]([O-])CC3)cc2)C(=O)O1. The van der Waals surface area contributed by atoms with Crippen molar-refractivity contribution in [3.63, 3.8) is 0 Å². The normalized spacial score (nSPS) is 28.5. The van der Waals surface area contributed by atoms with E-state index in [1.54, 1.807) is 0 Å². The van der Waals surface area contributed by atoms with Gasteiger partial charge in [-0.3, -0.25) is 9.69 Å². The van der Waals surface area contributed by atoms with Crippen LogP contribution in [0.25, 0.3) is 0 Å². The number of ether oxygens (including phenoxy) is 1. The quantitative estimate of drug-likeness (QED) is 0.844. The number of carbonyl (C=O) groups is 2. The van der Waals surface area contributed by atoms with Gasteiger partial charge in [0.2, 0.25) is 0 Å². The van der Waals surface area contributed by atoms with Crippen LogP contribution in [0, 0.1) is 0 Å². The number of rotatable bonds is 3. The fraction of sp³-hybridized carbons (Fsp3) is 0.467. The predicted molar refractivity (Wildman–Crippen MR) is 83.1 cm³/mol. The highest BCUT2D eigenvalue weighted by molar-refractivity contribution is 7.91. The number of benzene rings is 1. The molecule has 0 spiro atoms. The number of nitrogens with two attached hydrogens (primary N) is 1. The molecular formula is C15H18N2O4S. The maximum Gasteiger partial charge on any atom is 0.415 e. The number of nitrogens with zero attached hydrogens (tertiary/aromatic N) is 1. The number of cyclic esters (lactones) is 1. The molecule has 1 atom stereocenters. The Hall–Kier alpha value is -1.73. The zero-order valence-electron chi connectivity index (χ0n) is 12.1.